The summed E-state index contributed by atoms with van der Waals surface area (Å²) in [6.45, 7) is 4.98. The molecular weight excluding hydrogens is 428 g/mol. The molecule has 1 fully saturated rings. The van der Waals surface area contributed by atoms with Crippen molar-refractivity contribution in [2.75, 3.05) is 23.7 Å². The summed E-state index contributed by atoms with van der Waals surface area (Å²) < 4.78 is 29.1. The van der Waals surface area contributed by atoms with Gasteiger partial charge in [0.05, 0.1) is 10.6 Å². The number of carbonyl (C=O) groups excluding carboxylic acids is 1. The van der Waals surface area contributed by atoms with E-state index >= 15 is 0 Å². The zero-order valence-corrected chi connectivity index (χ0v) is 18.9. The van der Waals surface area contributed by atoms with Gasteiger partial charge in [0.15, 0.2) is 15.7 Å². The first-order chi connectivity index (χ1) is 15.4. The molecule has 0 spiro atoms. The van der Waals surface area contributed by atoms with E-state index in [1.165, 1.54) is 0 Å². The summed E-state index contributed by atoms with van der Waals surface area (Å²) in [6.07, 6.45) is 1.64. The van der Waals surface area contributed by atoms with Crippen LogP contribution in [-0.2, 0) is 9.84 Å². The Morgan fingerprint density at radius 3 is 2.31 bits per heavy atom. The molecule has 8 nitrogen and oxygen atoms in total. The van der Waals surface area contributed by atoms with Crippen LogP contribution < -0.4 is 10.2 Å². The van der Waals surface area contributed by atoms with Gasteiger partial charge in [-0.2, -0.15) is 4.98 Å². The number of amides is 1. The van der Waals surface area contributed by atoms with E-state index in [1.54, 1.807) is 50.2 Å². The number of anilines is 1. The van der Waals surface area contributed by atoms with E-state index in [1.807, 2.05) is 12.1 Å². The van der Waals surface area contributed by atoms with Gasteiger partial charge in [-0.25, -0.2) is 8.42 Å². The molecule has 168 valence electrons. The third-order valence-electron chi connectivity index (χ3n) is 5.69. The van der Waals surface area contributed by atoms with Crippen LogP contribution in [-0.4, -0.2) is 49.3 Å². The molecule has 1 amide bonds. The number of nitrogens with zero attached hydrogens (tertiary/aromatic N) is 3. The topological polar surface area (TPSA) is 105 Å². The Morgan fingerprint density at radius 1 is 1.09 bits per heavy atom. The molecule has 0 saturated carbocycles. The van der Waals surface area contributed by atoms with Gasteiger partial charge in [-0.3, -0.25) is 4.79 Å². The maximum atomic E-state index is 12.6. The molecule has 4 rings (SSSR count). The molecule has 0 atom stereocenters. The molecule has 1 aliphatic rings. The molecule has 32 heavy (non-hydrogen) atoms. The van der Waals surface area contributed by atoms with Crippen LogP contribution in [0.3, 0.4) is 0 Å². The van der Waals surface area contributed by atoms with Crippen molar-refractivity contribution >= 4 is 21.4 Å². The van der Waals surface area contributed by atoms with Gasteiger partial charge in [0.1, 0.15) is 0 Å². The fourth-order valence-corrected chi connectivity index (χ4v) is 4.64. The van der Waals surface area contributed by atoms with Crippen molar-refractivity contribution in [2.24, 2.45) is 0 Å². The molecule has 0 bridgehead atoms. The van der Waals surface area contributed by atoms with E-state index in [4.69, 9.17) is 4.52 Å². The first-order valence-corrected chi connectivity index (χ1v) is 12.3. The Balaban J connectivity index is 1.31. The second-order valence-corrected chi connectivity index (χ2v) is 10.1. The summed E-state index contributed by atoms with van der Waals surface area (Å²) in [7, 11) is -3.19. The van der Waals surface area contributed by atoms with Gasteiger partial charge in [0, 0.05) is 35.9 Å². The van der Waals surface area contributed by atoms with Crippen molar-refractivity contribution in [1.29, 1.82) is 0 Å². The minimum atomic E-state index is -3.19. The molecule has 0 unspecified atom stereocenters. The van der Waals surface area contributed by atoms with Crippen LogP contribution in [0.2, 0.25) is 0 Å². The minimum absolute atomic E-state index is 0.0940. The number of carbonyl (C=O) groups is 1. The number of hydrogen-bond acceptors (Lipinski definition) is 7. The van der Waals surface area contributed by atoms with Crippen molar-refractivity contribution in [2.45, 2.75) is 37.6 Å². The largest absolute Gasteiger partial charge is 0.371 e. The van der Waals surface area contributed by atoms with Crippen LogP contribution in [0.25, 0.3) is 11.5 Å². The average molecular weight is 455 g/mol. The third-order valence-corrected chi connectivity index (χ3v) is 7.44. The molecule has 1 saturated heterocycles. The molecule has 1 N–H and O–H groups in total. The van der Waals surface area contributed by atoms with E-state index in [0.717, 1.165) is 37.2 Å². The van der Waals surface area contributed by atoms with Gasteiger partial charge in [-0.1, -0.05) is 12.1 Å². The lowest BCUT2D eigenvalue weighted by Gasteiger charge is -2.34. The van der Waals surface area contributed by atoms with Crippen LogP contribution in [0, 0.1) is 6.92 Å². The summed E-state index contributed by atoms with van der Waals surface area (Å²) >= 11 is 0. The van der Waals surface area contributed by atoms with Gasteiger partial charge >= 0.3 is 0 Å². The number of aromatic nitrogens is 2. The fraction of sp³-hybridized carbons (Fsp3) is 0.348. The standard InChI is InChI=1S/C23H26N4O4S/c1-3-32(29,30)21-10-8-20(9-11-21)27-14-12-19(13-15-27)25-22(28)17-4-6-18(7-5-17)23-24-16(2)26-31-23/h4-11,19H,3,12-15H2,1-2H3,(H,25,28). The monoisotopic (exact) mass is 454 g/mol. The predicted molar refractivity (Wildman–Crippen MR) is 121 cm³/mol. The molecule has 0 radical (unpaired) electrons. The summed E-state index contributed by atoms with van der Waals surface area (Å²) in [5.74, 6) is 0.986. The SMILES string of the molecule is CCS(=O)(=O)c1ccc(N2CCC(NC(=O)c3ccc(-c4nc(C)no4)cc3)CC2)cc1. The quantitative estimate of drug-likeness (QED) is 0.609. The minimum Gasteiger partial charge on any atom is -0.371 e. The number of piperidine rings is 1. The van der Waals surface area contributed by atoms with E-state index in [0.29, 0.717) is 22.2 Å². The number of benzene rings is 2. The maximum absolute atomic E-state index is 12.6. The maximum Gasteiger partial charge on any atom is 0.257 e. The Hall–Kier alpha value is -3.20. The predicted octanol–water partition coefficient (Wildman–Crippen LogP) is 3.24. The third kappa shape index (κ3) is 4.83. The summed E-state index contributed by atoms with van der Waals surface area (Å²) in [5.41, 5.74) is 2.35. The lowest BCUT2D eigenvalue weighted by atomic mass is 10.0. The van der Waals surface area contributed by atoms with Crippen molar-refractivity contribution in [1.82, 2.24) is 15.5 Å². The Bertz CT molecular complexity index is 1180. The molecule has 2 heterocycles. The van der Waals surface area contributed by atoms with Gasteiger partial charge in [0.2, 0.25) is 0 Å². The molecule has 1 aliphatic heterocycles. The smallest absolute Gasteiger partial charge is 0.257 e. The highest BCUT2D eigenvalue weighted by molar-refractivity contribution is 7.91. The Kier molecular flexibility index (Phi) is 6.27. The zero-order chi connectivity index (χ0) is 22.7. The summed E-state index contributed by atoms with van der Waals surface area (Å²) in [5, 5.41) is 6.89. The van der Waals surface area contributed by atoms with Crippen molar-refractivity contribution in [3.63, 3.8) is 0 Å². The normalized spacial score (nSPS) is 15.0. The van der Waals surface area contributed by atoms with Crippen molar-refractivity contribution in [3.8, 4) is 11.5 Å². The fourth-order valence-electron chi connectivity index (χ4n) is 3.76. The van der Waals surface area contributed by atoms with Gasteiger partial charge in [-0.15, -0.1) is 0 Å². The lowest BCUT2D eigenvalue weighted by Crippen LogP contribution is -2.44. The highest BCUT2D eigenvalue weighted by Crippen LogP contribution is 2.23. The average Bonchev–Trinajstić information content (AvgIpc) is 3.26. The van der Waals surface area contributed by atoms with Gasteiger partial charge in [-0.05, 0) is 68.3 Å². The van der Waals surface area contributed by atoms with Crippen molar-refractivity contribution < 1.29 is 17.7 Å². The molecule has 1 aromatic heterocycles. The van der Waals surface area contributed by atoms with Crippen LogP contribution in [0.1, 0.15) is 35.9 Å². The molecule has 2 aromatic carbocycles. The van der Waals surface area contributed by atoms with E-state index in [9.17, 15) is 13.2 Å². The number of aryl methyl sites for hydroxylation is 1. The summed E-state index contributed by atoms with van der Waals surface area (Å²) in [4.78, 5) is 19.4. The van der Waals surface area contributed by atoms with E-state index in [-0.39, 0.29) is 17.7 Å². The highest BCUT2D eigenvalue weighted by Gasteiger charge is 2.22. The second-order valence-electron chi connectivity index (χ2n) is 7.86. The lowest BCUT2D eigenvalue weighted by molar-refractivity contribution is 0.0931. The highest BCUT2D eigenvalue weighted by atomic mass is 32.2. The second kappa shape index (κ2) is 9.12. The van der Waals surface area contributed by atoms with Crippen LogP contribution >= 0.6 is 0 Å². The number of rotatable bonds is 6. The summed E-state index contributed by atoms with van der Waals surface area (Å²) in [6, 6.07) is 14.2. The number of nitrogens with one attached hydrogen (secondary N) is 1. The number of hydrogen-bond donors (Lipinski definition) is 1. The Labute approximate surface area is 187 Å². The van der Waals surface area contributed by atoms with E-state index in [2.05, 4.69) is 20.4 Å². The van der Waals surface area contributed by atoms with Crippen LogP contribution in [0.5, 0.6) is 0 Å². The number of sulfone groups is 1. The van der Waals surface area contributed by atoms with Crippen molar-refractivity contribution in [3.05, 3.63) is 59.9 Å². The van der Waals surface area contributed by atoms with Gasteiger partial charge < -0.3 is 14.7 Å². The Morgan fingerprint density at radius 2 is 1.75 bits per heavy atom. The van der Waals surface area contributed by atoms with Crippen LogP contribution in [0.15, 0.2) is 57.9 Å². The zero-order valence-electron chi connectivity index (χ0n) is 18.1. The van der Waals surface area contributed by atoms with Crippen LogP contribution in [0.4, 0.5) is 5.69 Å². The first-order valence-electron chi connectivity index (χ1n) is 10.6. The molecule has 9 heteroatoms. The molecule has 0 aliphatic carbocycles. The first kappa shape index (κ1) is 22.0. The molecular formula is C23H26N4O4S. The van der Waals surface area contributed by atoms with Gasteiger partial charge in [0.25, 0.3) is 11.8 Å². The van der Waals surface area contributed by atoms with E-state index < -0.39 is 9.84 Å². The molecule has 3 aromatic rings.